The van der Waals surface area contributed by atoms with Gasteiger partial charge in [-0.05, 0) is 12.1 Å². The van der Waals surface area contributed by atoms with E-state index in [1.54, 1.807) is 6.08 Å². The topological polar surface area (TPSA) is 36.9 Å². The summed E-state index contributed by atoms with van der Waals surface area (Å²) in [6.07, 6.45) is 3.23. The summed E-state index contributed by atoms with van der Waals surface area (Å²) < 4.78 is 5.82. The summed E-state index contributed by atoms with van der Waals surface area (Å²) in [4.78, 5) is 0. The summed E-state index contributed by atoms with van der Waals surface area (Å²) in [6.45, 7) is 0. The van der Waals surface area contributed by atoms with Gasteiger partial charge in [0, 0.05) is 22.4 Å². The Morgan fingerprint density at radius 3 is 2.71 bits per heavy atom. The lowest BCUT2D eigenvalue weighted by molar-refractivity contribution is 0.668. The van der Waals surface area contributed by atoms with Crippen LogP contribution in [-0.4, -0.2) is 0 Å². The van der Waals surface area contributed by atoms with Crippen molar-refractivity contribution in [1.82, 2.24) is 0 Å². The molecule has 80 valence electrons. The molecule has 0 unspecified atom stereocenters. The van der Waals surface area contributed by atoms with Crippen LogP contribution in [0.25, 0.3) is 28.0 Å². The molecule has 0 fully saturated rings. The van der Waals surface area contributed by atoms with E-state index in [0.29, 0.717) is 0 Å². The van der Waals surface area contributed by atoms with Crippen LogP contribution in [0, 0.1) is 11.3 Å². The van der Waals surface area contributed by atoms with Crippen LogP contribution in [0.3, 0.4) is 0 Å². The van der Waals surface area contributed by atoms with Crippen molar-refractivity contribution in [2.24, 2.45) is 0 Å². The molecule has 3 rings (SSSR count). The van der Waals surface area contributed by atoms with Crippen LogP contribution >= 0.6 is 0 Å². The third-order valence-corrected chi connectivity index (χ3v) is 2.77. The summed E-state index contributed by atoms with van der Waals surface area (Å²) in [6, 6.07) is 15.9. The SMILES string of the molecule is N#CC=Cc1cccc2c1oc1ccccc12. The van der Waals surface area contributed by atoms with Gasteiger partial charge in [-0.15, -0.1) is 0 Å². The average Bonchev–Trinajstić information content (AvgIpc) is 2.75. The van der Waals surface area contributed by atoms with E-state index in [0.717, 1.165) is 27.5 Å². The molecule has 0 spiro atoms. The highest BCUT2D eigenvalue weighted by Gasteiger charge is 2.07. The molecule has 2 nitrogen and oxygen atoms in total. The Bertz CT molecular complexity index is 759. The number of nitriles is 1. The quantitative estimate of drug-likeness (QED) is 0.577. The minimum atomic E-state index is 0.834. The molecule has 1 aromatic heterocycles. The molecular weight excluding hydrogens is 210 g/mol. The van der Waals surface area contributed by atoms with Gasteiger partial charge in [-0.1, -0.05) is 36.4 Å². The maximum absolute atomic E-state index is 8.57. The van der Waals surface area contributed by atoms with Gasteiger partial charge < -0.3 is 4.42 Å². The summed E-state index contributed by atoms with van der Waals surface area (Å²) in [5.41, 5.74) is 2.64. The highest BCUT2D eigenvalue weighted by atomic mass is 16.3. The molecule has 2 aromatic carbocycles. The number of hydrogen-bond donors (Lipinski definition) is 0. The van der Waals surface area contributed by atoms with Crippen molar-refractivity contribution in [3.05, 3.63) is 54.1 Å². The molecule has 0 aliphatic heterocycles. The van der Waals surface area contributed by atoms with Gasteiger partial charge >= 0.3 is 0 Å². The molecule has 0 bridgehead atoms. The second-order valence-electron chi connectivity index (χ2n) is 3.78. The molecule has 0 saturated heterocycles. The Morgan fingerprint density at radius 1 is 1.00 bits per heavy atom. The van der Waals surface area contributed by atoms with E-state index in [2.05, 4.69) is 0 Å². The van der Waals surface area contributed by atoms with Crippen LogP contribution in [0.1, 0.15) is 5.56 Å². The van der Waals surface area contributed by atoms with Gasteiger partial charge in [-0.2, -0.15) is 5.26 Å². The van der Waals surface area contributed by atoms with Gasteiger partial charge in [0.25, 0.3) is 0 Å². The molecule has 1 heterocycles. The lowest BCUT2D eigenvalue weighted by Gasteiger charge is -1.93. The molecule has 0 amide bonds. The third kappa shape index (κ3) is 1.49. The van der Waals surface area contributed by atoms with Crippen molar-refractivity contribution < 1.29 is 4.42 Å². The fraction of sp³-hybridized carbons (Fsp3) is 0. The summed E-state index contributed by atoms with van der Waals surface area (Å²) in [5.74, 6) is 0. The maximum Gasteiger partial charge on any atom is 0.142 e. The van der Waals surface area contributed by atoms with Gasteiger partial charge in [0.15, 0.2) is 0 Å². The smallest absolute Gasteiger partial charge is 0.142 e. The molecule has 3 aromatic rings. The molecule has 0 N–H and O–H groups in total. The third-order valence-electron chi connectivity index (χ3n) is 2.77. The van der Waals surface area contributed by atoms with Crippen LogP contribution in [0.15, 0.2) is 53.0 Å². The fourth-order valence-electron chi connectivity index (χ4n) is 2.03. The Kier molecular flexibility index (Phi) is 2.16. The molecule has 0 saturated carbocycles. The number of allylic oxidation sites excluding steroid dienone is 1. The van der Waals surface area contributed by atoms with Gasteiger partial charge in [-0.3, -0.25) is 0 Å². The minimum Gasteiger partial charge on any atom is -0.455 e. The van der Waals surface area contributed by atoms with Crippen molar-refractivity contribution in [3.8, 4) is 6.07 Å². The van der Waals surface area contributed by atoms with E-state index in [1.807, 2.05) is 48.5 Å². The minimum absolute atomic E-state index is 0.834. The molecule has 2 heteroatoms. The van der Waals surface area contributed by atoms with Gasteiger partial charge in [-0.25, -0.2) is 0 Å². The summed E-state index contributed by atoms with van der Waals surface area (Å²) >= 11 is 0. The largest absolute Gasteiger partial charge is 0.455 e. The second kappa shape index (κ2) is 3.80. The number of hydrogen-bond acceptors (Lipinski definition) is 2. The predicted octanol–water partition coefficient (Wildman–Crippen LogP) is 4.12. The van der Waals surface area contributed by atoms with Crippen molar-refractivity contribution in [2.45, 2.75) is 0 Å². The van der Waals surface area contributed by atoms with Gasteiger partial charge in [0.2, 0.25) is 0 Å². The molecule has 17 heavy (non-hydrogen) atoms. The zero-order chi connectivity index (χ0) is 11.7. The van der Waals surface area contributed by atoms with E-state index in [-0.39, 0.29) is 0 Å². The van der Waals surface area contributed by atoms with E-state index < -0.39 is 0 Å². The lowest BCUT2D eigenvalue weighted by Crippen LogP contribution is -1.72. The normalized spacial score (nSPS) is 11.2. The summed E-state index contributed by atoms with van der Waals surface area (Å²) in [5, 5.41) is 10.8. The zero-order valence-electron chi connectivity index (χ0n) is 9.05. The zero-order valence-corrected chi connectivity index (χ0v) is 9.05. The van der Waals surface area contributed by atoms with Crippen LogP contribution in [-0.2, 0) is 0 Å². The van der Waals surface area contributed by atoms with Crippen molar-refractivity contribution in [2.75, 3.05) is 0 Å². The Labute approximate surface area is 98.4 Å². The highest BCUT2D eigenvalue weighted by Crippen LogP contribution is 2.30. The van der Waals surface area contributed by atoms with Gasteiger partial charge in [0.1, 0.15) is 11.2 Å². The number of nitrogens with zero attached hydrogens (tertiary/aromatic N) is 1. The second-order valence-corrected chi connectivity index (χ2v) is 3.78. The van der Waals surface area contributed by atoms with Crippen molar-refractivity contribution in [3.63, 3.8) is 0 Å². The van der Waals surface area contributed by atoms with Crippen LogP contribution in [0.5, 0.6) is 0 Å². The first-order valence-corrected chi connectivity index (χ1v) is 5.36. The molecule has 0 aliphatic rings. The highest BCUT2D eigenvalue weighted by molar-refractivity contribution is 6.07. The van der Waals surface area contributed by atoms with Crippen molar-refractivity contribution >= 4 is 28.0 Å². The number of rotatable bonds is 1. The molecule has 0 atom stereocenters. The van der Waals surface area contributed by atoms with Crippen LogP contribution in [0.4, 0.5) is 0 Å². The van der Waals surface area contributed by atoms with E-state index in [4.69, 9.17) is 9.68 Å². The number of para-hydroxylation sites is 2. The first kappa shape index (κ1) is 9.68. The summed E-state index contributed by atoms with van der Waals surface area (Å²) in [7, 11) is 0. The Hall–Kier alpha value is -2.53. The number of benzene rings is 2. The predicted molar refractivity (Wildman–Crippen MR) is 68.4 cm³/mol. The molecular formula is C15H9NO. The van der Waals surface area contributed by atoms with E-state index in [9.17, 15) is 0 Å². The first-order valence-electron chi connectivity index (χ1n) is 5.36. The van der Waals surface area contributed by atoms with E-state index >= 15 is 0 Å². The Morgan fingerprint density at radius 2 is 1.82 bits per heavy atom. The van der Waals surface area contributed by atoms with Crippen molar-refractivity contribution in [1.29, 1.82) is 5.26 Å². The van der Waals surface area contributed by atoms with Crippen LogP contribution in [0.2, 0.25) is 0 Å². The number of furan rings is 1. The lowest BCUT2D eigenvalue weighted by atomic mass is 10.1. The van der Waals surface area contributed by atoms with E-state index in [1.165, 1.54) is 6.08 Å². The van der Waals surface area contributed by atoms with Gasteiger partial charge in [0.05, 0.1) is 6.07 Å². The standard InChI is InChI=1S/C15H9NO/c16-10-4-6-11-5-3-8-13-12-7-1-2-9-14(12)17-15(11)13/h1-9H. The molecule has 0 radical (unpaired) electrons. The molecule has 0 aliphatic carbocycles. The average molecular weight is 219 g/mol. The number of fused-ring (bicyclic) bond motifs is 3. The maximum atomic E-state index is 8.57. The monoisotopic (exact) mass is 219 g/mol. The fourth-order valence-corrected chi connectivity index (χ4v) is 2.03. The Balaban J connectivity index is 2.40. The first-order chi connectivity index (χ1) is 8.40. The van der Waals surface area contributed by atoms with Crippen LogP contribution < -0.4 is 0 Å².